The van der Waals surface area contributed by atoms with Gasteiger partial charge in [0.1, 0.15) is 10.6 Å². The van der Waals surface area contributed by atoms with E-state index in [0.29, 0.717) is 29.7 Å². The number of aromatic nitrogens is 2. The van der Waals surface area contributed by atoms with Crippen LogP contribution in [-0.2, 0) is 10.0 Å². The molecule has 1 aromatic rings. The maximum atomic E-state index is 12.7. The normalized spacial score (nSPS) is 14.8. The minimum Gasteiger partial charge on any atom is -0.361 e. The van der Waals surface area contributed by atoms with Crippen LogP contribution in [0.15, 0.2) is 21.7 Å². The summed E-state index contributed by atoms with van der Waals surface area (Å²) in [7, 11) is 3.52. The average Bonchev–Trinajstić information content (AvgIpc) is 2.78. The number of sulfonamides is 1. The number of hydrogen-bond acceptors (Lipinski definition) is 7. The summed E-state index contributed by atoms with van der Waals surface area (Å²) >= 11 is 0. The fraction of sp³-hybridized carbons (Fsp3) is 0.500. The molecule has 0 amide bonds. The van der Waals surface area contributed by atoms with Crippen molar-refractivity contribution in [2.24, 2.45) is 4.99 Å². The summed E-state index contributed by atoms with van der Waals surface area (Å²) in [6.45, 7) is 3.88. The first kappa shape index (κ1) is 17.2. The molecule has 9 heteroatoms. The third-order valence-electron chi connectivity index (χ3n) is 3.36. The van der Waals surface area contributed by atoms with Crippen molar-refractivity contribution in [3.63, 3.8) is 0 Å². The number of anilines is 3. The Hall–Kier alpha value is -2.16. The molecule has 2 rings (SSSR count). The first-order valence-electron chi connectivity index (χ1n) is 7.09. The second kappa shape index (κ2) is 6.15. The van der Waals surface area contributed by atoms with E-state index in [2.05, 4.69) is 19.7 Å². The second-order valence-corrected chi connectivity index (χ2v) is 7.43. The van der Waals surface area contributed by atoms with Gasteiger partial charge < -0.3 is 9.80 Å². The van der Waals surface area contributed by atoms with E-state index in [1.54, 1.807) is 37.7 Å². The largest absolute Gasteiger partial charge is 0.361 e. The van der Waals surface area contributed by atoms with Gasteiger partial charge in [0.05, 0.1) is 18.5 Å². The van der Waals surface area contributed by atoms with E-state index in [1.165, 1.54) is 6.20 Å². The average molecular weight is 338 g/mol. The van der Waals surface area contributed by atoms with E-state index in [4.69, 9.17) is 0 Å². The Morgan fingerprint density at radius 1 is 1.13 bits per heavy atom. The van der Waals surface area contributed by atoms with Gasteiger partial charge in [0, 0.05) is 28.2 Å². The smallest absolute Gasteiger partial charge is 0.263 e. The number of allylic oxidation sites excluding steroid dienone is 1. The molecule has 23 heavy (non-hydrogen) atoms. The molecular formula is C14H22N6O2S. The van der Waals surface area contributed by atoms with Crippen LogP contribution >= 0.6 is 0 Å². The highest BCUT2D eigenvalue weighted by atomic mass is 32.2. The van der Waals surface area contributed by atoms with Crippen LogP contribution < -0.4 is 14.5 Å². The lowest BCUT2D eigenvalue weighted by atomic mass is 10.3. The standard InChI is InChI=1S/C14H22N6O2S/c1-9-7-15-10(2)12(9)23(21,22)18-11-8-16-14(20(5)6)17-13(11)19(3)4/h8,18H,7H2,1-6H3. The van der Waals surface area contributed by atoms with Gasteiger partial charge in [0.15, 0.2) is 5.82 Å². The van der Waals surface area contributed by atoms with Gasteiger partial charge in [0.2, 0.25) is 5.95 Å². The zero-order chi connectivity index (χ0) is 17.4. The zero-order valence-corrected chi connectivity index (χ0v) is 15.1. The molecule has 2 heterocycles. The highest BCUT2D eigenvalue weighted by Gasteiger charge is 2.27. The molecule has 1 aliphatic heterocycles. The number of nitrogens with one attached hydrogen (secondary N) is 1. The van der Waals surface area contributed by atoms with Crippen LogP contribution in [0.1, 0.15) is 13.8 Å². The van der Waals surface area contributed by atoms with Crippen LogP contribution in [0.25, 0.3) is 0 Å². The van der Waals surface area contributed by atoms with Crippen molar-refractivity contribution in [1.29, 1.82) is 0 Å². The first-order chi connectivity index (χ1) is 10.6. The first-order valence-corrected chi connectivity index (χ1v) is 8.57. The SMILES string of the molecule is CC1=NCC(C)=C1S(=O)(=O)Nc1cnc(N(C)C)nc1N(C)C. The Bertz CT molecular complexity index is 780. The van der Waals surface area contributed by atoms with Gasteiger partial charge in [-0.3, -0.25) is 9.71 Å². The number of rotatable bonds is 5. The quantitative estimate of drug-likeness (QED) is 0.864. The van der Waals surface area contributed by atoms with Gasteiger partial charge in [-0.05, 0) is 19.4 Å². The predicted molar refractivity (Wildman–Crippen MR) is 93.9 cm³/mol. The van der Waals surface area contributed by atoms with Crippen LogP contribution in [0.3, 0.4) is 0 Å². The molecule has 0 saturated heterocycles. The molecule has 8 nitrogen and oxygen atoms in total. The van der Waals surface area contributed by atoms with Crippen molar-refractivity contribution < 1.29 is 8.42 Å². The van der Waals surface area contributed by atoms with Gasteiger partial charge in [-0.2, -0.15) is 4.98 Å². The van der Waals surface area contributed by atoms with Crippen LogP contribution in [-0.4, -0.2) is 58.8 Å². The molecule has 0 fully saturated rings. The van der Waals surface area contributed by atoms with Gasteiger partial charge in [-0.25, -0.2) is 13.4 Å². The minimum atomic E-state index is -3.72. The monoisotopic (exact) mass is 338 g/mol. The molecule has 1 aliphatic rings. The summed E-state index contributed by atoms with van der Waals surface area (Å²) in [6, 6.07) is 0. The summed E-state index contributed by atoms with van der Waals surface area (Å²) in [5.74, 6) is 1.00. The Morgan fingerprint density at radius 2 is 1.78 bits per heavy atom. The summed E-state index contributed by atoms with van der Waals surface area (Å²) in [5.41, 5.74) is 1.58. The highest BCUT2D eigenvalue weighted by Crippen LogP contribution is 2.28. The lowest BCUT2D eigenvalue weighted by Gasteiger charge is -2.20. The topological polar surface area (TPSA) is 90.8 Å². The molecular weight excluding hydrogens is 316 g/mol. The van der Waals surface area contributed by atoms with Crippen molar-refractivity contribution in [3.8, 4) is 0 Å². The molecule has 0 spiro atoms. The van der Waals surface area contributed by atoms with Gasteiger partial charge in [0.25, 0.3) is 10.0 Å². The number of aliphatic imine (C=N–C) groups is 1. The van der Waals surface area contributed by atoms with Crippen molar-refractivity contribution in [2.45, 2.75) is 13.8 Å². The van der Waals surface area contributed by atoms with Gasteiger partial charge >= 0.3 is 0 Å². The van der Waals surface area contributed by atoms with Crippen molar-refractivity contribution in [2.75, 3.05) is 49.3 Å². The molecule has 0 saturated carbocycles. The van der Waals surface area contributed by atoms with Gasteiger partial charge in [-0.1, -0.05) is 0 Å². The van der Waals surface area contributed by atoms with Crippen LogP contribution in [0, 0.1) is 0 Å². The van der Waals surface area contributed by atoms with E-state index in [0.717, 1.165) is 5.57 Å². The minimum absolute atomic E-state index is 0.249. The molecule has 1 aromatic heterocycles. The summed E-state index contributed by atoms with van der Waals surface area (Å²) < 4.78 is 28.0. The van der Waals surface area contributed by atoms with E-state index < -0.39 is 10.0 Å². The van der Waals surface area contributed by atoms with Crippen LogP contribution in [0.5, 0.6) is 0 Å². The van der Waals surface area contributed by atoms with Crippen molar-refractivity contribution in [3.05, 3.63) is 16.7 Å². The third-order valence-corrected chi connectivity index (χ3v) is 5.03. The molecule has 0 atom stereocenters. The summed E-state index contributed by atoms with van der Waals surface area (Å²) in [6.07, 6.45) is 1.48. The fourth-order valence-electron chi connectivity index (χ4n) is 2.30. The van der Waals surface area contributed by atoms with Crippen molar-refractivity contribution >= 4 is 33.2 Å². The second-order valence-electron chi connectivity index (χ2n) is 5.81. The highest BCUT2D eigenvalue weighted by molar-refractivity contribution is 7.97. The molecule has 0 bridgehead atoms. The Labute approximate surface area is 137 Å². The maximum absolute atomic E-state index is 12.7. The Balaban J connectivity index is 2.44. The molecule has 0 aliphatic carbocycles. The molecule has 0 unspecified atom stereocenters. The fourth-order valence-corrected chi connectivity index (χ4v) is 3.81. The lowest BCUT2D eigenvalue weighted by Crippen LogP contribution is -2.23. The van der Waals surface area contributed by atoms with E-state index >= 15 is 0 Å². The van der Waals surface area contributed by atoms with E-state index in [1.807, 2.05) is 14.1 Å². The molecule has 0 radical (unpaired) electrons. The molecule has 0 aromatic carbocycles. The molecule has 1 N–H and O–H groups in total. The van der Waals surface area contributed by atoms with E-state index in [-0.39, 0.29) is 4.91 Å². The number of nitrogens with zero attached hydrogens (tertiary/aromatic N) is 5. The Kier molecular flexibility index (Phi) is 4.60. The van der Waals surface area contributed by atoms with Crippen LogP contribution in [0.4, 0.5) is 17.5 Å². The predicted octanol–water partition coefficient (Wildman–Crippen LogP) is 1.10. The summed E-state index contributed by atoms with van der Waals surface area (Å²) in [4.78, 5) is 16.5. The van der Waals surface area contributed by atoms with Crippen molar-refractivity contribution in [1.82, 2.24) is 9.97 Å². The Morgan fingerprint density at radius 3 is 2.26 bits per heavy atom. The van der Waals surface area contributed by atoms with Gasteiger partial charge in [-0.15, -0.1) is 0 Å². The lowest BCUT2D eigenvalue weighted by molar-refractivity contribution is 0.608. The molecule has 126 valence electrons. The zero-order valence-electron chi connectivity index (χ0n) is 14.2. The van der Waals surface area contributed by atoms with Crippen LogP contribution in [0.2, 0.25) is 0 Å². The number of hydrogen-bond donors (Lipinski definition) is 1. The van der Waals surface area contributed by atoms with E-state index in [9.17, 15) is 8.42 Å². The maximum Gasteiger partial charge on any atom is 0.263 e. The third kappa shape index (κ3) is 3.44. The summed E-state index contributed by atoms with van der Waals surface area (Å²) in [5, 5.41) is 0.